The van der Waals surface area contributed by atoms with Crippen molar-refractivity contribution >= 4 is 27.6 Å². The van der Waals surface area contributed by atoms with Gasteiger partial charge in [0, 0.05) is 29.5 Å². The average Bonchev–Trinajstić information content (AvgIpc) is 2.83. The van der Waals surface area contributed by atoms with Crippen molar-refractivity contribution in [1.82, 2.24) is 16.0 Å². The van der Waals surface area contributed by atoms with Crippen molar-refractivity contribution in [1.29, 1.82) is 0 Å². The van der Waals surface area contributed by atoms with E-state index in [0.29, 0.717) is 18.9 Å². The van der Waals surface area contributed by atoms with E-state index in [9.17, 15) is 36.0 Å². The van der Waals surface area contributed by atoms with Gasteiger partial charge in [0.1, 0.15) is 0 Å². The van der Waals surface area contributed by atoms with Gasteiger partial charge in [0.2, 0.25) is 5.91 Å². The second-order valence-electron chi connectivity index (χ2n) is 8.60. The van der Waals surface area contributed by atoms with E-state index in [1.807, 2.05) is 0 Å². The van der Waals surface area contributed by atoms with Crippen LogP contribution in [0.3, 0.4) is 0 Å². The number of rotatable bonds is 7. The normalized spacial score (nSPS) is 18.2. The van der Waals surface area contributed by atoms with Crippen LogP contribution in [0.5, 0.6) is 0 Å². The lowest BCUT2D eigenvalue weighted by molar-refractivity contribution is -0.137. The number of sulfone groups is 1. The van der Waals surface area contributed by atoms with Gasteiger partial charge < -0.3 is 16.0 Å². The van der Waals surface area contributed by atoms with Gasteiger partial charge >= 0.3 is 6.18 Å². The van der Waals surface area contributed by atoms with Gasteiger partial charge in [-0.2, -0.15) is 13.2 Å². The lowest BCUT2D eigenvalue weighted by Crippen LogP contribution is -2.54. The molecule has 1 fully saturated rings. The van der Waals surface area contributed by atoms with Crippen LogP contribution in [0.1, 0.15) is 52.0 Å². The third-order valence-electron chi connectivity index (χ3n) is 5.84. The molecular weight excluding hydrogens is 499 g/mol. The van der Waals surface area contributed by atoms with Gasteiger partial charge in [0.05, 0.1) is 17.0 Å². The minimum Gasteiger partial charge on any atom is -0.350 e. The molecule has 0 heterocycles. The first-order valence-electron chi connectivity index (χ1n) is 11.2. The van der Waals surface area contributed by atoms with Gasteiger partial charge in [0.15, 0.2) is 9.84 Å². The predicted molar refractivity (Wildman–Crippen MR) is 125 cm³/mol. The molecule has 0 saturated heterocycles. The summed E-state index contributed by atoms with van der Waals surface area (Å²) in [7, 11) is -3.39. The molecule has 2 atom stereocenters. The van der Waals surface area contributed by atoms with Crippen LogP contribution in [-0.2, 0) is 20.8 Å². The molecule has 1 aliphatic rings. The maximum atomic E-state index is 12.9. The van der Waals surface area contributed by atoms with E-state index >= 15 is 0 Å². The molecule has 3 rings (SSSR count). The minimum atomic E-state index is -4.59. The zero-order chi connectivity index (χ0) is 26.5. The van der Waals surface area contributed by atoms with E-state index in [0.717, 1.165) is 31.2 Å². The highest BCUT2D eigenvalue weighted by Crippen LogP contribution is 2.29. The molecule has 3 N–H and O–H groups in total. The predicted octanol–water partition coefficient (Wildman–Crippen LogP) is 2.70. The molecule has 12 heteroatoms. The number of amides is 3. The molecular formula is C24H26F3N3O5S. The SMILES string of the molecule is CS(=O)(=O)c1ccc(C(=O)N[C@@H]2CCCC[C@@H]2NC(=O)CNC(=O)c2cccc(C(F)(F)F)c2)cc1. The third-order valence-corrected chi connectivity index (χ3v) is 6.96. The lowest BCUT2D eigenvalue weighted by atomic mass is 9.90. The van der Waals surface area contributed by atoms with E-state index in [4.69, 9.17) is 0 Å². The lowest BCUT2D eigenvalue weighted by Gasteiger charge is -2.33. The van der Waals surface area contributed by atoms with Gasteiger partial charge in [-0.15, -0.1) is 0 Å². The molecule has 3 amide bonds. The van der Waals surface area contributed by atoms with Crippen molar-refractivity contribution in [2.24, 2.45) is 0 Å². The second-order valence-corrected chi connectivity index (χ2v) is 10.6. The number of hydrogen-bond acceptors (Lipinski definition) is 5. The first-order chi connectivity index (χ1) is 16.8. The summed E-state index contributed by atoms with van der Waals surface area (Å²) in [5.74, 6) is -1.78. The molecule has 0 aliphatic heterocycles. The fraction of sp³-hybridized carbons (Fsp3) is 0.375. The van der Waals surface area contributed by atoms with Crippen molar-refractivity contribution in [3.63, 3.8) is 0 Å². The third kappa shape index (κ3) is 7.30. The van der Waals surface area contributed by atoms with E-state index in [2.05, 4.69) is 16.0 Å². The highest BCUT2D eigenvalue weighted by atomic mass is 32.2. The number of halogens is 3. The van der Waals surface area contributed by atoms with E-state index in [1.54, 1.807) is 0 Å². The largest absolute Gasteiger partial charge is 0.416 e. The fourth-order valence-corrected chi connectivity index (χ4v) is 4.57. The van der Waals surface area contributed by atoms with Gasteiger partial charge in [-0.25, -0.2) is 8.42 Å². The topological polar surface area (TPSA) is 121 Å². The Labute approximate surface area is 206 Å². The highest BCUT2D eigenvalue weighted by molar-refractivity contribution is 7.90. The van der Waals surface area contributed by atoms with Gasteiger partial charge in [-0.1, -0.05) is 18.9 Å². The first kappa shape index (κ1) is 27.2. The molecule has 1 saturated carbocycles. The van der Waals surface area contributed by atoms with Crippen LogP contribution in [0, 0.1) is 0 Å². The Hall–Kier alpha value is -3.41. The number of alkyl halides is 3. The van der Waals surface area contributed by atoms with Crippen LogP contribution < -0.4 is 16.0 Å². The fourth-order valence-electron chi connectivity index (χ4n) is 3.94. The monoisotopic (exact) mass is 525 g/mol. The highest BCUT2D eigenvalue weighted by Gasteiger charge is 2.31. The summed E-state index contributed by atoms with van der Waals surface area (Å²) in [4.78, 5) is 37.4. The zero-order valence-corrected chi connectivity index (χ0v) is 20.2. The molecule has 36 heavy (non-hydrogen) atoms. The Bertz CT molecular complexity index is 1230. The Morgan fingerprint density at radius 3 is 2.08 bits per heavy atom. The maximum Gasteiger partial charge on any atom is 0.416 e. The summed E-state index contributed by atoms with van der Waals surface area (Å²) in [6.45, 7) is -0.445. The molecule has 0 unspecified atom stereocenters. The molecule has 0 bridgehead atoms. The van der Waals surface area contributed by atoms with Crippen LogP contribution in [0.2, 0.25) is 0 Å². The number of benzene rings is 2. The summed E-state index contributed by atoms with van der Waals surface area (Å²) in [5.41, 5.74) is -0.917. The molecule has 0 aromatic heterocycles. The van der Waals surface area contributed by atoms with Gasteiger partial charge in [-0.05, 0) is 55.3 Å². The standard InChI is InChI=1S/C24H26F3N3O5S/c1-36(34,35)18-11-9-15(10-12-18)23(33)30-20-8-3-2-7-19(20)29-21(31)14-28-22(32)16-5-4-6-17(13-16)24(25,26)27/h4-6,9-13,19-20H,2-3,7-8,14H2,1H3,(H,28,32)(H,29,31)(H,30,33)/t19-,20+/m0/s1. The molecule has 1 aliphatic carbocycles. The quantitative estimate of drug-likeness (QED) is 0.513. The Balaban J connectivity index is 1.56. The van der Waals surface area contributed by atoms with Crippen molar-refractivity contribution in [2.45, 2.75) is 48.8 Å². The molecule has 2 aromatic rings. The molecule has 194 valence electrons. The van der Waals surface area contributed by atoms with Gasteiger partial charge in [-0.3, -0.25) is 14.4 Å². The number of hydrogen-bond donors (Lipinski definition) is 3. The van der Waals surface area contributed by atoms with Crippen LogP contribution in [0.4, 0.5) is 13.2 Å². The number of nitrogens with one attached hydrogen (secondary N) is 3. The maximum absolute atomic E-state index is 12.9. The summed E-state index contributed by atoms with van der Waals surface area (Å²) in [5, 5.41) is 7.94. The Kier molecular flexibility index (Phi) is 8.39. The smallest absolute Gasteiger partial charge is 0.350 e. The molecule has 2 aromatic carbocycles. The van der Waals surface area contributed by atoms with Crippen LogP contribution in [0.25, 0.3) is 0 Å². The zero-order valence-electron chi connectivity index (χ0n) is 19.4. The van der Waals surface area contributed by atoms with Crippen LogP contribution >= 0.6 is 0 Å². The number of carbonyl (C=O) groups is 3. The summed E-state index contributed by atoms with van der Waals surface area (Å²) in [6, 6.07) is 8.61. The minimum absolute atomic E-state index is 0.0917. The summed E-state index contributed by atoms with van der Waals surface area (Å²) in [6.07, 6.45) is -0.684. The van der Waals surface area contributed by atoms with Crippen LogP contribution in [-0.4, -0.2) is 51.0 Å². The van der Waals surface area contributed by atoms with Crippen molar-refractivity contribution < 1.29 is 36.0 Å². The average molecular weight is 526 g/mol. The Morgan fingerprint density at radius 2 is 1.50 bits per heavy atom. The molecule has 8 nitrogen and oxygen atoms in total. The molecule has 0 radical (unpaired) electrons. The van der Waals surface area contributed by atoms with Crippen molar-refractivity contribution in [2.75, 3.05) is 12.8 Å². The van der Waals surface area contributed by atoms with Gasteiger partial charge in [0.25, 0.3) is 11.8 Å². The summed E-state index contributed by atoms with van der Waals surface area (Å²) >= 11 is 0. The van der Waals surface area contributed by atoms with Crippen molar-refractivity contribution in [3.05, 3.63) is 65.2 Å². The van der Waals surface area contributed by atoms with E-state index < -0.39 is 51.9 Å². The first-order valence-corrected chi connectivity index (χ1v) is 13.1. The Morgan fingerprint density at radius 1 is 0.889 bits per heavy atom. The van der Waals surface area contributed by atoms with Crippen molar-refractivity contribution in [3.8, 4) is 0 Å². The number of carbonyl (C=O) groups excluding carboxylic acids is 3. The van der Waals surface area contributed by atoms with E-state index in [-0.39, 0.29) is 22.1 Å². The second kappa shape index (κ2) is 11.1. The van der Waals surface area contributed by atoms with E-state index in [1.165, 1.54) is 30.3 Å². The van der Waals surface area contributed by atoms with Crippen LogP contribution in [0.15, 0.2) is 53.4 Å². The summed E-state index contributed by atoms with van der Waals surface area (Å²) < 4.78 is 61.8. The molecule has 0 spiro atoms.